The minimum Gasteiger partial charge on any atom is -0.383 e. The van der Waals surface area contributed by atoms with Crippen LogP contribution in [-0.2, 0) is 4.74 Å². The Morgan fingerprint density at radius 2 is 1.93 bits per heavy atom. The maximum Gasteiger partial charge on any atom is 0.166 e. The number of hydrogen-bond acceptors (Lipinski definition) is 3. The molecule has 0 aromatic heterocycles. The SMILES string of the molecule is COCCNC(=S)NCCCCCSC. The highest BCUT2D eigenvalue weighted by Crippen LogP contribution is 2.00. The van der Waals surface area contributed by atoms with Gasteiger partial charge < -0.3 is 15.4 Å². The normalized spacial score (nSPS) is 10.0. The van der Waals surface area contributed by atoms with Crippen molar-refractivity contribution in [2.75, 3.05) is 38.8 Å². The van der Waals surface area contributed by atoms with Gasteiger partial charge in [-0.15, -0.1) is 0 Å². The monoisotopic (exact) mass is 250 g/mol. The molecule has 2 N–H and O–H groups in total. The zero-order valence-corrected chi connectivity index (χ0v) is 11.3. The van der Waals surface area contributed by atoms with Gasteiger partial charge in [-0.05, 0) is 37.1 Å². The fourth-order valence-electron chi connectivity index (χ4n) is 1.08. The van der Waals surface area contributed by atoms with Crippen LogP contribution in [0.4, 0.5) is 0 Å². The van der Waals surface area contributed by atoms with E-state index in [1.54, 1.807) is 7.11 Å². The summed E-state index contributed by atoms with van der Waals surface area (Å²) in [7, 11) is 1.68. The molecule has 0 heterocycles. The molecule has 0 aromatic rings. The molecule has 0 spiro atoms. The van der Waals surface area contributed by atoms with Crippen molar-refractivity contribution in [2.24, 2.45) is 0 Å². The number of ether oxygens (including phenoxy) is 1. The molecule has 0 aliphatic heterocycles. The van der Waals surface area contributed by atoms with Crippen LogP contribution < -0.4 is 10.6 Å². The second kappa shape index (κ2) is 12.1. The van der Waals surface area contributed by atoms with Gasteiger partial charge in [-0.2, -0.15) is 11.8 Å². The first-order valence-corrected chi connectivity index (χ1v) is 7.11. The van der Waals surface area contributed by atoms with Gasteiger partial charge in [0.25, 0.3) is 0 Å². The molecule has 0 aromatic carbocycles. The van der Waals surface area contributed by atoms with E-state index in [1.807, 2.05) is 11.8 Å². The third-order valence-corrected chi connectivity index (χ3v) is 2.89. The van der Waals surface area contributed by atoms with Crippen molar-refractivity contribution < 1.29 is 4.74 Å². The van der Waals surface area contributed by atoms with Crippen LogP contribution in [0, 0.1) is 0 Å². The van der Waals surface area contributed by atoms with Crippen LogP contribution in [-0.4, -0.2) is 43.9 Å². The van der Waals surface area contributed by atoms with Crippen molar-refractivity contribution in [3.05, 3.63) is 0 Å². The van der Waals surface area contributed by atoms with E-state index in [9.17, 15) is 0 Å². The highest BCUT2D eigenvalue weighted by Gasteiger charge is 1.93. The number of thiocarbonyl (C=S) groups is 1. The van der Waals surface area contributed by atoms with Gasteiger partial charge in [-0.25, -0.2) is 0 Å². The zero-order chi connectivity index (χ0) is 11.4. The third kappa shape index (κ3) is 11.9. The van der Waals surface area contributed by atoms with Crippen LogP contribution in [0.15, 0.2) is 0 Å². The third-order valence-electron chi connectivity index (χ3n) is 1.90. The molecule has 0 rings (SSSR count). The Labute approximate surface area is 103 Å². The predicted octanol–water partition coefficient (Wildman–Crippen LogP) is 1.63. The lowest BCUT2D eigenvalue weighted by Gasteiger charge is -2.09. The molecule has 0 radical (unpaired) electrons. The van der Waals surface area contributed by atoms with E-state index >= 15 is 0 Å². The second-order valence-corrected chi connectivity index (χ2v) is 4.62. The van der Waals surface area contributed by atoms with E-state index in [2.05, 4.69) is 16.9 Å². The molecule has 0 unspecified atom stereocenters. The summed E-state index contributed by atoms with van der Waals surface area (Å²) in [5.74, 6) is 1.26. The largest absolute Gasteiger partial charge is 0.383 e. The zero-order valence-electron chi connectivity index (χ0n) is 9.67. The number of hydrogen-bond donors (Lipinski definition) is 2. The Kier molecular flexibility index (Phi) is 12.1. The molecule has 0 amide bonds. The predicted molar refractivity (Wildman–Crippen MR) is 72.7 cm³/mol. The molecule has 15 heavy (non-hydrogen) atoms. The highest BCUT2D eigenvalue weighted by molar-refractivity contribution is 7.98. The van der Waals surface area contributed by atoms with Gasteiger partial charge in [0.2, 0.25) is 0 Å². The number of rotatable bonds is 9. The summed E-state index contributed by atoms with van der Waals surface area (Å²) >= 11 is 6.99. The lowest BCUT2D eigenvalue weighted by atomic mass is 10.2. The molecule has 0 fully saturated rings. The first-order valence-electron chi connectivity index (χ1n) is 5.31. The maximum absolute atomic E-state index is 5.09. The van der Waals surface area contributed by atoms with Crippen molar-refractivity contribution in [3.8, 4) is 0 Å². The van der Waals surface area contributed by atoms with E-state index in [-0.39, 0.29) is 0 Å². The quantitative estimate of drug-likeness (QED) is 0.480. The smallest absolute Gasteiger partial charge is 0.166 e. The van der Waals surface area contributed by atoms with E-state index in [0.29, 0.717) is 6.61 Å². The molecule has 0 saturated carbocycles. The van der Waals surface area contributed by atoms with Crippen molar-refractivity contribution in [1.29, 1.82) is 0 Å². The van der Waals surface area contributed by atoms with Gasteiger partial charge >= 0.3 is 0 Å². The van der Waals surface area contributed by atoms with E-state index in [4.69, 9.17) is 17.0 Å². The molecule has 0 aliphatic carbocycles. The van der Waals surface area contributed by atoms with Gasteiger partial charge in [-0.3, -0.25) is 0 Å². The molecule has 0 aliphatic rings. The fraction of sp³-hybridized carbons (Fsp3) is 0.900. The minimum absolute atomic E-state index is 0.690. The Morgan fingerprint density at radius 3 is 2.60 bits per heavy atom. The summed E-state index contributed by atoms with van der Waals surface area (Å²) in [5, 5.41) is 6.99. The molecule has 0 saturated heterocycles. The summed E-state index contributed by atoms with van der Waals surface area (Å²) in [4.78, 5) is 0. The van der Waals surface area contributed by atoms with Crippen LogP contribution in [0.1, 0.15) is 19.3 Å². The Morgan fingerprint density at radius 1 is 1.20 bits per heavy atom. The number of nitrogens with one attached hydrogen (secondary N) is 2. The van der Waals surface area contributed by atoms with Crippen LogP contribution in [0.5, 0.6) is 0 Å². The van der Waals surface area contributed by atoms with Gasteiger partial charge in [0.05, 0.1) is 6.61 Å². The standard InChI is InChI=1S/C10H22N2OS2/c1-13-8-7-12-10(14)11-6-4-3-5-9-15-2/h3-9H2,1-2H3,(H2,11,12,14). The summed E-state index contributed by atoms with van der Waals surface area (Å²) in [6, 6.07) is 0. The molecular formula is C10H22N2OS2. The molecular weight excluding hydrogens is 228 g/mol. The van der Waals surface area contributed by atoms with Gasteiger partial charge in [0, 0.05) is 20.2 Å². The van der Waals surface area contributed by atoms with E-state index in [0.717, 1.165) is 18.2 Å². The van der Waals surface area contributed by atoms with Crippen molar-refractivity contribution in [2.45, 2.75) is 19.3 Å². The molecule has 90 valence electrons. The molecule has 5 heteroatoms. The fourth-order valence-corrected chi connectivity index (χ4v) is 1.78. The average molecular weight is 250 g/mol. The summed E-state index contributed by atoms with van der Waals surface area (Å²) in [6.45, 7) is 2.43. The van der Waals surface area contributed by atoms with Crippen LogP contribution in [0.3, 0.4) is 0 Å². The lowest BCUT2D eigenvalue weighted by molar-refractivity contribution is 0.204. The van der Waals surface area contributed by atoms with Crippen molar-refractivity contribution in [1.82, 2.24) is 10.6 Å². The summed E-state index contributed by atoms with van der Waals surface area (Å²) in [5.41, 5.74) is 0. The first kappa shape index (κ1) is 15.0. The van der Waals surface area contributed by atoms with Gasteiger partial charge in [0.1, 0.15) is 0 Å². The number of thioether (sulfide) groups is 1. The highest BCUT2D eigenvalue weighted by atomic mass is 32.2. The molecule has 3 nitrogen and oxygen atoms in total. The van der Waals surface area contributed by atoms with Crippen LogP contribution >= 0.6 is 24.0 Å². The van der Waals surface area contributed by atoms with Gasteiger partial charge in [-0.1, -0.05) is 6.42 Å². The van der Waals surface area contributed by atoms with Gasteiger partial charge in [0.15, 0.2) is 5.11 Å². The summed E-state index contributed by atoms with van der Waals surface area (Å²) < 4.78 is 4.91. The lowest BCUT2D eigenvalue weighted by Crippen LogP contribution is -2.37. The molecule has 0 atom stereocenters. The maximum atomic E-state index is 5.09. The van der Waals surface area contributed by atoms with E-state index < -0.39 is 0 Å². The Bertz CT molecular complexity index is 156. The van der Waals surface area contributed by atoms with Crippen molar-refractivity contribution in [3.63, 3.8) is 0 Å². The Balaban J connectivity index is 3.10. The second-order valence-electron chi connectivity index (χ2n) is 3.23. The van der Waals surface area contributed by atoms with Crippen LogP contribution in [0.2, 0.25) is 0 Å². The van der Waals surface area contributed by atoms with E-state index in [1.165, 1.54) is 25.0 Å². The number of methoxy groups -OCH3 is 1. The van der Waals surface area contributed by atoms with Crippen molar-refractivity contribution >= 4 is 29.1 Å². The molecule has 0 bridgehead atoms. The Hall–Kier alpha value is 0. The topological polar surface area (TPSA) is 33.3 Å². The average Bonchev–Trinajstić information content (AvgIpc) is 2.23. The minimum atomic E-state index is 0.690. The van der Waals surface area contributed by atoms with Crippen LogP contribution in [0.25, 0.3) is 0 Å². The summed E-state index contributed by atoms with van der Waals surface area (Å²) in [6.07, 6.45) is 5.90. The first-order chi connectivity index (χ1) is 7.31. The number of unbranched alkanes of at least 4 members (excludes halogenated alkanes) is 2.